The Hall–Kier alpha value is -1.22. The Balaban J connectivity index is 1.85. The van der Waals surface area contributed by atoms with E-state index in [9.17, 15) is 0 Å². The molecule has 1 aromatic rings. The van der Waals surface area contributed by atoms with E-state index in [1.54, 1.807) is 0 Å². The zero-order chi connectivity index (χ0) is 14.2. The maximum Gasteiger partial charge on any atom is 0.161 e. The summed E-state index contributed by atoms with van der Waals surface area (Å²) in [6.07, 6.45) is 2.52. The van der Waals surface area contributed by atoms with E-state index in [0.29, 0.717) is 24.7 Å². The van der Waals surface area contributed by atoms with E-state index in [2.05, 4.69) is 44.3 Å². The lowest BCUT2D eigenvalue weighted by Crippen LogP contribution is -2.33. The van der Waals surface area contributed by atoms with Crippen LogP contribution in [0.15, 0.2) is 18.2 Å². The van der Waals surface area contributed by atoms with Crippen LogP contribution in [-0.4, -0.2) is 25.8 Å². The molecule has 1 N–H and O–H groups in total. The van der Waals surface area contributed by atoms with Gasteiger partial charge in [-0.05, 0) is 30.0 Å². The molecule has 2 unspecified atom stereocenters. The van der Waals surface area contributed by atoms with Crippen molar-refractivity contribution in [1.29, 1.82) is 0 Å². The predicted molar refractivity (Wildman–Crippen MR) is 80.6 cm³/mol. The summed E-state index contributed by atoms with van der Waals surface area (Å²) >= 11 is 0. The molecule has 2 atom stereocenters. The van der Waals surface area contributed by atoms with Crippen molar-refractivity contribution in [2.45, 2.75) is 45.1 Å². The molecule has 20 heavy (non-hydrogen) atoms. The topological polar surface area (TPSA) is 30.5 Å². The summed E-state index contributed by atoms with van der Waals surface area (Å²) in [5.74, 6) is 2.59. The molecule has 0 radical (unpaired) electrons. The molecule has 3 nitrogen and oxygen atoms in total. The molecule has 0 bridgehead atoms. The first-order valence-electron chi connectivity index (χ1n) is 7.79. The first-order valence-corrected chi connectivity index (χ1v) is 7.79. The molecule has 1 saturated carbocycles. The van der Waals surface area contributed by atoms with Gasteiger partial charge in [0.25, 0.3) is 0 Å². The second kappa shape index (κ2) is 5.28. The number of hydrogen-bond acceptors (Lipinski definition) is 3. The van der Waals surface area contributed by atoms with E-state index in [-0.39, 0.29) is 0 Å². The second-order valence-electron chi connectivity index (χ2n) is 6.36. The normalized spacial score (nSPS) is 27.7. The van der Waals surface area contributed by atoms with Crippen molar-refractivity contribution in [3.8, 4) is 11.5 Å². The number of ether oxygens (including phenoxy) is 2. The third-order valence-corrected chi connectivity index (χ3v) is 4.67. The van der Waals surface area contributed by atoms with Gasteiger partial charge in [0, 0.05) is 18.0 Å². The number of benzene rings is 1. The maximum atomic E-state index is 5.74. The quantitative estimate of drug-likeness (QED) is 0.895. The van der Waals surface area contributed by atoms with E-state index in [0.717, 1.165) is 24.0 Å². The van der Waals surface area contributed by atoms with Crippen LogP contribution in [0.1, 0.15) is 39.2 Å². The third-order valence-electron chi connectivity index (χ3n) is 4.67. The fourth-order valence-electron chi connectivity index (χ4n) is 3.33. The number of rotatable bonds is 5. The van der Waals surface area contributed by atoms with Crippen molar-refractivity contribution < 1.29 is 9.47 Å². The van der Waals surface area contributed by atoms with E-state index in [1.165, 1.54) is 18.4 Å². The van der Waals surface area contributed by atoms with Gasteiger partial charge >= 0.3 is 0 Å². The SMILES string of the molecule is CCC1CC1(CNC(C)C)c1ccc2c(c1)OCCO2. The van der Waals surface area contributed by atoms with Gasteiger partial charge in [0.2, 0.25) is 0 Å². The zero-order valence-electron chi connectivity index (χ0n) is 12.7. The van der Waals surface area contributed by atoms with Crippen LogP contribution in [0, 0.1) is 5.92 Å². The van der Waals surface area contributed by atoms with Gasteiger partial charge in [-0.1, -0.05) is 33.3 Å². The van der Waals surface area contributed by atoms with E-state index in [4.69, 9.17) is 9.47 Å². The van der Waals surface area contributed by atoms with Crippen molar-refractivity contribution in [1.82, 2.24) is 5.32 Å². The van der Waals surface area contributed by atoms with Crippen LogP contribution in [0.4, 0.5) is 0 Å². The van der Waals surface area contributed by atoms with Crippen LogP contribution in [0.25, 0.3) is 0 Å². The fourth-order valence-corrected chi connectivity index (χ4v) is 3.33. The summed E-state index contributed by atoms with van der Waals surface area (Å²) in [4.78, 5) is 0. The zero-order valence-corrected chi connectivity index (χ0v) is 12.7. The van der Waals surface area contributed by atoms with Crippen LogP contribution in [0.2, 0.25) is 0 Å². The minimum absolute atomic E-state index is 0.300. The lowest BCUT2D eigenvalue weighted by Gasteiger charge is -2.24. The molecule has 1 aliphatic heterocycles. The van der Waals surface area contributed by atoms with Crippen LogP contribution in [-0.2, 0) is 5.41 Å². The number of hydrogen-bond donors (Lipinski definition) is 1. The lowest BCUT2D eigenvalue weighted by molar-refractivity contribution is 0.171. The molecule has 1 aliphatic carbocycles. The summed E-state index contributed by atoms with van der Waals surface area (Å²) in [7, 11) is 0. The molecule has 0 aromatic heterocycles. The summed E-state index contributed by atoms with van der Waals surface area (Å²) in [6.45, 7) is 9.08. The van der Waals surface area contributed by atoms with E-state index >= 15 is 0 Å². The van der Waals surface area contributed by atoms with Gasteiger partial charge < -0.3 is 14.8 Å². The fraction of sp³-hybridized carbons (Fsp3) is 0.647. The Morgan fingerprint density at radius 3 is 2.65 bits per heavy atom. The standard InChI is InChI=1S/C17H25NO2/c1-4-13-10-17(13,11-18-12(2)3)14-5-6-15-16(9-14)20-8-7-19-15/h5-6,9,12-13,18H,4,7-8,10-11H2,1-3H3. The average Bonchev–Trinajstić information content (AvgIpc) is 3.20. The highest BCUT2D eigenvalue weighted by molar-refractivity contribution is 5.48. The summed E-state index contributed by atoms with van der Waals surface area (Å²) in [6, 6.07) is 7.03. The molecule has 2 aliphatic rings. The van der Waals surface area contributed by atoms with Crippen molar-refractivity contribution in [3.63, 3.8) is 0 Å². The smallest absolute Gasteiger partial charge is 0.161 e. The molecule has 1 heterocycles. The Labute approximate surface area is 121 Å². The Bertz CT molecular complexity index is 486. The monoisotopic (exact) mass is 275 g/mol. The van der Waals surface area contributed by atoms with Gasteiger partial charge in [0.1, 0.15) is 13.2 Å². The molecule has 1 fully saturated rings. The van der Waals surface area contributed by atoms with Gasteiger partial charge in [0.05, 0.1) is 0 Å². The Morgan fingerprint density at radius 1 is 1.25 bits per heavy atom. The summed E-state index contributed by atoms with van der Waals surface area (Å²) < 4.78 is 11.4. The molecular formula is C17H25NO2. The molecular weight excluding hydrogens is 250 g/mol. The van der Waals surface area contributed by atoms with Gasteiger partial charge in [-0.3, -0.25) is 0 Å². The molecule has 3 heteroatoms. The highest BCUT2D eigenvalue weighted by Crippen LogP contribution is 2.56. The third kappa shape index (κ3) is 2.39. The van der Waals surface area contributed by atoms with Crippen molar-refractivity contribution in [3.05, 3.63) is 23.8 Å². The average molecular weight is 275 g/mol. The molecule has 3 rings (SSSR count). The van der Waals surface area contributed by atoms with Crippen LogP contribution in [0.3, 0.4) is 0 Å². The van der Waals surface area contributed by atoms with Gasteiger partial charge in [-0.2, -0.15) is 0 Å². The van der Waals surface area contributed by atoms with Crippen molar-refractivity contribution >= 4 is 0 Å². The van der Waals surface area contributed by atoms with Crippen molar-refractivity contribution in [2.75, 3.05) is 19.8 Å². The van der Waals surface area contributed by atoms with Crippen molar-refractivity contribution in [2.24, 2.45) is 5.92 Å². The second-order valence-corrected chi connectivity index (χ2v) is 6.36. The molecule has 0 saturated heterocycles. The first-order chi connectivity index (χ1) is 9.65. The summed E-state index contributed by atoms with van der Waals surface area (Å²) in [5, 5.41) is 3.62. The maximum absolute atomic E-state index is 5.74. The Morgan fingerprint density at radius 2 is 2.00 bits per heavy atom. The first kappa shape index (κ1) is 13.7. The van der Waals surface area contributed by atoms with Gasteiger partial charge in [0.15, 0.2) is 11.5 Å². The minimum atomic E-state index is 0.300. The van der Waals surface area contributed by atoms with Gasteiger partial charge in [-0.25, -0.2) is 0 Å². The van der Waals surface area contributed by atoms with Gasteiger partial charge in [-0.15, -0.1) is 0 Å². The summed E-state index contributed by atoms with van der Waals surface area (Å²) in [5.41, 5.74) is 1.70. The number of fused-ring (bicyclic) bond motifs is 1. The van der Waals surface area contributed by atoms with Crippen LogP contribution < -0.4 is 14.8 Å². The minimum Gasteiger partial charge on any atom is -0.486 e. The Kier molecular flexibility index (Phi) is 3.63. The van der Waals surface area contributed by atoms with Crippen LogP contribution in [0.5, 0.6) is 11.5 Å². The van der Waals surface area contributed by atoms with E-state index < -0.39 is 0 Å². The predicted octanol–water partition coefficient (Wildman–Crippen LogP) is 3.12. The highest BCUT2D eigenvalue weighted by atomic mass is 16.6. The molecule has 110 valence electrons. The molecule has 0 amide bonds. The molecule has 1 aromatic carbocycles. The largest absolute Gasteiger partial charge is 0.486 e. The van der Waals surface area contributed by atoms with E-state index in [1.807, 2.05) is 0 Å². The van der Waals surface area contributed by atoms with Crippen LogP contribution >= 0.6 is 0 Å². The lowest BCUT2D eigenvalue weighted by atomic mass is 9.91. The highest BCUT2D eigenvalue weighted by Gasteiger charge is 2.53. The molecule has 0 spiro atoms. The number of nitrogens with one attached hydrogen (secondary N) is 1.